The van der Waals surface area contributed by atoms with Crippen LogP contribution in [0.4, 0.5) is 5.69 Å². The van der Waals surface area contributed by atoms with Crippen LogP contribution in [0.25, 0.3) is 16.6 Å². The van der Waals surface area contributed by atoms with Crippen molar-refractivity contribution in [1.82, 2.24) is 9.55 Å². The molecule has 10 heteroatoms. The predicted molar refractivity (Wildman–Crippen MR) is 138 cm³/mol. The molecule has 0 spiro atoms. The number of thioether (sulfide) groups is 1. The molecule has 0 aliphatic carbocycles. The molecule has 168 valence electrons. The predicted octanol–water partition coefficient (Wildman–Crippen LogP) is 7.04. The molecule has 1 heterocycles. The van der Waals surface area contributed by atoms with Gasteiger partial charge in [0, 0.05) is 5.02 Å². The van der Waals surface area contributed by atoms with Crippen molar-refractivity contribution in [3.63, 3.8) is 0 Å². The molecule has 0 atom stereocenters. The Hall–Kier alpha value is -2.22. The number of carbonyl (C=O) groups is 1. The van der Waals surface area contributed by atoms with Gasteiger partial charge in [-0.25, -0.2) is 4.98 Å². The van der Waals surface area contributed by atoms with Gasteiger partial charge in [-0.15, -0.1) is 0 Å². The molecule has 0 radical (unpaired) electrons. The van der Waals surface area contributed by atoms with Gasteiger partial charge in [0.2, 0.25) is 5.91 Å². The first-order valence-corrected chi connectivity index (χ1v) is 12.1. The summed E-state index contributed by atoms with van der Waals surface area (Å²) in [7, 11) is 0. The third-order valence-electron chi connectivity index (χ3n) is 4.77. The second-order valence-corrected chi connectivity index (χ2v) is 9.64. The molecule has 1 N–H and O–H groups in total. The van der Waals surface area contributed by atoms with Crippen LogP contribution in [0.1, 0.15) is 5.56 Å². The van der Waals surface area contributed by atoms with Crippen molar-refractivity contribution in [3.05, 3.63) is 90.6 Å². The Balaban J connectivity index is 1.68. The number of hydrogen-bond donors (Lipinski definition) is 1. The fourth-order valence-electron chi connectivity index (χ4n) is 3.09. The van der Waals surface area contributed by atoms with Gasteiger partial charge >= 0.3 is 0 Å². The van der Waals surface area contributed by atoms with E-state index in [1.54, 1.807) is 36.4 Å². The van der Waals surface area contributed by atoms with Gasteiger partial charge in [0.1, 0.15) is 0 Å². The van der Waals surface area contributed by atoms with E-state index in [1.165, 1.54) is 16.7 Å². The molecule has 4 aromatic rings. The third kappa shape index (κ3) is 5.15. The molecule has 0 aliphatic heterocycles. The first-order chi connectivity index (χ1) is 15.7. The Morgan fingerprint density at radius 1 is 0.970 bits per heavy atom. The monoisotopic (exact) mass is 537 g/mol. The van der Waals surface area contributed by atoms with Crippen LogP contribution in [0.3, 0.4) is 0 Å². The fraction of sp³-hybridized carbons (Fsp3) is 0.0870. The Morgan fingerprint density at radius 3 is 2.45 bits per heavy atom. The lowest BCUT2D eigenvalue weighted by Gasteiger charge is -2.14. The largest absolute Gasteiger partial charge is 0.324 e. The van der Waals surface area contributed by atoms with Crippen LogP contribution in [0, 0.1) is 6.92 Å². The summed E-state index contributed by atoms with van der Waals surface area (Å²) in [6, 6.07) is 15.3. The third-order valence-corrected chi connectivity index (χ3v) is 7.16. The van der Waals surface area contributed by atoms with Crippen molar-refractivity contribution in [2.24, 2.45) is 0 Å². The zero-order valence-corrected chi connectivity index (χ0v) is 20.9. The van der Waals surface area contributed by atoms with Gasteiger partial charge in [-0.2, -0.15) is 0 Å². The number of aromatic nitrogens is 2. The number of aryl methyl sites for hydroxylation is 1. The average molecular weight is 539 g/mol. The van der Waals surface area contributed by atoms with Gasteiger partial charge < -0.3 is 5.32 Å². The number of carbonyl (C=O) groups excluding carboxylic acids is 1. The second kappa shape index (κ2) is 9.95. The molecule has 0 unspecified atom stereocenters. The highest BCUT2D eigenvalue weighted by atomic mass is 35.5. The van der Waals surface area contributed by atoms with E-state index in [0.717, 1.165) is 17.3 Å². The van der Waals surface area contributed by atoms with E-state index in [-0.39, 0.29) is 32.3 Å². The minimum atomic E-state index is -0.351. The van der Waals surface area contributed by atoms with Crippen molar-refractivity contribution >= 4 is 80.7 Å². The molecule has 0 bridgehead atoms. The lowest BCUT2D eigenvalue weighted by molar-refractivity contribution is -0.113. The lowest BCUT2D eigenvalue weighted by atomic mass is 10.2. The number of hydrogen-bond acceptors (Lipinski definition) is 4. The molecule has 1 amide bonds. The summed E-state index contributed by atoms with van der Waals surface area (Å²) in [6.45, 7) is 1.88. The van der Waals surface area contributed by atoms with Gasteiger partial charge in [-0.05, 0) is 48.9 Å². The number of halogens is 4. The highest BCUT2D eigenvalue weighted by Crippen LogP contribution is 2.32. The standard InChI is InChI=1S/C23H15Cl4N3O2S/c1-12-6-7-13(8-15(12)24)30-22(32)14-4-2-3-5-19(14)29-23(30)33-11-21(31)28-20-10-17(26)16(25)9-18(20)27/h2-10H,11H2,1H3,(H,28,31). The Morgan fingerprint density at radius 2 is 1.70 bits per heavy atom. The summed E-state index contributed by atoms with van der Waals surface area (Å²) in [5, 5.41) is 4.87. The van der Waals surface area contributed by atoms with E-state index >= 15 is 0 Å². The van der Waals surface area contributed by atoms with Crippen LogP contribution < -0.4 is 10.9 Å². The molecular formula is C23H15Cl4N3O2S. The number of fused-ring (bicyclic) bond motifs is 1. The Labute approximate surface area is 213 Å². The van der Waals surface area contributed by atoms with Crippen molar-refractivity contribution in [2.75, 3.05) is 11.1 Å². The molecule has 1 aromatic heterocycles. The number of para-hydroxylation sites is 1. The summed E-state index contributed by atoms with van der Waals surface area (Å²) in [6.07, 6.45) is 0. The molecule has 5 nitrogen and oxygen atoms in total. The van der Waals surface area contributed by atoms with E-state index in [4.69, 9.17) is 46.4 Å². The number of rotatable bonds is 5. The van der Waals surface area contributed by atoms with Gasteiger partial charge in [-0.1, -0.05) is 76.4 Å². The zero-order chi connectivity index (χ0) is 23.7. The minimum Gasteiger partial charge on any atom is -0.324 e. The summed E-state index contributed by atoms with van der Waals surface area (Å²) in [5.41, 5.74) is 2.06. The van der Waals surface area contributed by atoms with Crippen LogP contribution in [-0.4, -0.2) is 21.2 Å². The maximum absolute atomic E-state index is 13.3. The first kappa shape index (κ1) is 23.9. The average Bonchev–Trinajstić information content (AvgIpc) is 2.78. The normalized spacial score (nSPS) is 11.1. The van der Waals surface area contributed by atoms with E-state index in [9.17, 15) is 9.59 Å². The topological polar surface area (TPSA) is 64.0 Å². The molecule has 3 aromatic carbocycles. The summed E-state index contributed by atoms with van der Waals surface area (Å²) >= 11 is 25.5. The number of benzene rings is 3. The number of anilines is 1. The number of amides is 1. The number of nitrogens with zero attached hydrogens (tertiary/aromatic N) is 2. The van der Waals surface area contributed by atoms with Crippen molar-refractivity contribution < 1.29 is 4.79 Å². The Kier molecular flexibility index (Phi) is 7.22. The highest BCUT2D eigenvalue weighted by Gasteiger charge is 2.16. The molecular weight excluding hydrogens is 524 g/mol. The summed E-state index contributed by atoms with van der Waals surface area (Å²) in [5.74, 6) is -0.378. The van der Waals surface area contributed by atoms with Gasteiger partial charge in [-0.3, -0.25) is 14.2 Å². The Bertz CT molecular complexity index is 1460. The van der Waals surface area contributed by atoms with E-state index < -0.39 is 0 Å². The molecule has 0 aliphatic rings. The number of nitrogens with one attached hydrogen (secondary N) is 1. The smallest absolute Gasteiger partial charge is 0.266 e. The lowest BCUT2D eigenvalue weighted by Crippen LogP contribution is -2.23. The second-order valence-electron chi connectivity index (χ2n) is 7.07. The van der Waals surface area contributed by atoms with Crippen molar-refractivity contribution in [2.45, 2.75) is 12.1 Å². The quantitative estimate of drug-likeness (QED) is 0.168. The van der Waals surface area contributed by atoms with E-state index in [2.05, 4.69) is 10.3 Å². The van der Waals surface area contributed by atoms with Gasteiger partial charge in [0.25, 0.3) is 5.56 Å². The van der Waals surface area contributed by atoms with E-state index in [0.29, 0.717) is 32.5 Å². The first-order valence-electron chi connectivity index (χ1n) is 9.60. The highest BCUT2D eigenvalue weighted by molar-refractivity contribution is 7.99. The maximum atomic E-state index is 13.3. The van der Waals surface area contributed by atoms with Crippen LogP contribution >= 0.6 is 58.2 Å². The van der Waals surface area contributed by atoms with E-state index in [1.807, 2.05) is 13.0 Å². The molecule has 0 fully saturated rings. The fourth-order valence-corrected chi connectivity index (χ4v) is 4.67. The molecule has 0 saturated carbocycles. The summed E-state index contributed by atoms with van der Waals surface area (Å²) in [4.78, 5) is 30.6. The van der Waals surface area contributed by atoms with Crippen molar-refractivity contribution in [1.29, 1.82) is 0 Å². The SMILES string of the molecule is Cc1ccc(-n2c(SCC(=O)Nc3cc(Cl)c(Cl)cc3Cl)nc3ccccc3c2=O)cc1Cl. The zero-order valence-electron chi connectivity index (χ0n) is 17.0. The maximum Gasteiger partial charge on any atom is 0.266 e. The van der Waals surface area contributed by atoms with Gasteiger partial charge in [0.05, 0.1) is 43.1 Å². The van der Waals surface area contributed by atoms with Crippen LogP contribution in [-0.2, 0) is 4.79 Å². The van der Waals surface area contributed by atoms with Crippen molar-refractivity contribution in [3.8, 4) is 5.69 Å². The minimum absolute atomic E-state index is 0.0268. The summed E-state index contributed by atoms with van der Waals surface area (Å²) < 4.78 is 1.46. The van der Waals surface area contributed by atoms with Crippen LogP contribution in [0.2, 0.25) is 20.1 Å². The molecule has 4 rings (SSSR count). The molecule has 0 saturated heterocycles. The van der Waals surface area contributed by atoms with Crippen LogP contribution in [0.15, 0.2) is 64.5 Å². The molecule has 33 heavy (non-hydrogen) atoms. The van der Waals surface area contributed by atoms with Gasteiger partial charge in [0.15, 0.2) is 5.16 Å². The van der Waals surface area contributed by atoms with Crippen LogP contribution in [0.5, 0.6) is 0 Å².